The van der Waals surface area contributed by atoms with Crippen molar-refractivity contribution in [1.82, 2.24) is 9.38 Å². The topological polar surface area (TPSA) is 100 Å². The minimum atomic E-state index is -0.614. The van der Waals surface area contributed by atoms with Crippen molar-refractivity contribution in [3.8, 4) is 28.5 Å². The number of para-hydroxylation sites is 1. The monoisotopic (exact) mass is 478 g/mol. The minimum Gasteiger partial charge on any atom is -0.497 e. The molecule has 0 unspecified atom stereocenters. The SMILES string of the molecule is CCc1cc(OC)cc(OCC(N)=O)c1-c1nc2ccc(F)cn2c1Nc1c(C)cccc1OC. The summed E-state index contributed by atoms with van der Waals surface area (Å²) in [6.07, 6.45) is 1.98. The van der Waals surface area contributed by atoms with Crippen LogP contribution in [0.2, 0.25) is 0 Å². The van der Waals surface area contributed by atoms with E-state index in [9.17, 15) is 9.18 Å². The first-order valence-electron chi connectivity index (χ1n) is 11.1. The number of pyridine rings is 1. The lowest BCUT2D eigenvalue weighted by Crippen LogP contribution is -2.20. The molecule has 1 amide bonds. The second kappa shape index (κ2) is 9.92. The van der Waals surface area contributed by atoms with Crippen molar-refractivity contribution in [3.63, 3.8) is 0 Å². The van der Waals surface area contributed by atoms with Gasteiger partial charge < -0.3 is 25.3 Å². The number of benzene rings is 2. The Kier molecular flexibility index (Phi) is 6.77. The van der Waals surface area contributed by atoms with Gasteiger partial charge in [-0.05, 0) is 48.7 Å². The summed E-state index contributed by atoms with van der Waals surface area (Å²) >= 11 is 0. The van der Waals surface area contributed by atoms with Crippen molar-refractivity contribution in [1.29, 1.82) is 0 Å². The molecule has 0 saturated carbocycles. The van der Waals surface area contributed by atoms with Gasteiger partial charge in [-0.2, -0.15) is 0 Å². The van der Waals surface area contributed by atoms with Crippen molar-refractivity contribution >= 4 is 23.1 Å². The van der Waals surface area contributed by atoms with E-state index in [1.165, 1.54) is 12.3 Å². The number of hydrogen-bond acceptors (Lipinski definition) is 6. The van der Waals surface area contributed by atoms with E-state index in [1.54, 1.807) is 30.8 Å². The predicted molar refractivity (Wildman–Crippen MR) is 132 cm³/mol. The van der Waals surface area contributed by atoms with Gasteiger partial charge in [0.2, 0.25) is 0 Å². The van der Waals surface area contributed by atoms with E-state index in [4.69, 9.17) is 24.9 Å². The maximum absolute atomic E-state index is 14.3. The molecule has 2 heterocycles. The molecule has 0 spiro atoms. The number of carbonyl (C=O) groups excluding carboxylic acids is 1. The molecule has 0 aliphatic rings. The van der Waals surface area contributed by atoms with Crippen LogP contribution in [0.15, 0.2) is 48.7 Å². The molecule has 0 radical (unpaired) electrons. The summed E-state index contributed by atoms with van der Waals surface area (Å²) in [7, 11) is 3.14. The number of ether oxygens (including phenoxy) is 3. The van der Waals surface area contributed by atoms with Crippen molar-refractivity contribution in [3.05, 3.63) is 65.6 Å². The van der Waals surface area contributed by atoms with Crippen molar-refractivity contribution in [2.75, 3.05) is 26.1 Å². The first-order chi connectivity index (χ1) is 16.9. The van der Waals surface area contributed by atoms with Crippen LogP contribution in [-0.4, -0.2) is 36.1 Å². The number of imidazole rings is 1. The fraction of sp³-hybridized carbons (Fsp3) is 0.231. The molecule has 3 N–H and O–H groups in total. The van der Waals surface area contributed by atoms with Crippen molar-refractivity contribution in [2.24, 2.45) is 5.73 Å². The van der Waals surface area contributed by atoms with Crippen LogP contribution in [0.1, 0.15) is 18.1 Å². The van der Waals surface area contributed by atoms with E-state index in [1.807, 2.05) is 38.1 Å². The number of aryl methyl sites for hydroxylation is 2. The Morgan fingerprint density at radius 2 is 1.94 bits per heavy atom. The zero-order valence-corrected chi connectivity index (χ0v) is 20.0. The highest BCUT2D eigenvalue weighted by Gasteiger charge is 2.24. The van der Waals surface area contributed by atoms with Gasteiger partial charge >= 0.3 is 0 Å². The van der Waals surface area contributed by atoms with E-state index in [0.29, 0.717) is 52.1 Å². The molecule has 9 heteroatoms. The summed E-state index contributed by atoms with van der Waals surface area (Å²) in [4.78, 5) is 16.3. The number of primary amides is 1. The van der Waals surface area contributed by atoms with Crippen LogP contribution in [0, 0.1) is 12.7 Å². The Morgan fingerprint density at radius 1 is 1.14 bits per heavy atom. The van der Waals surface area contributed by atoms with E-state index < -0.39 is 11.7 Å². The molecule has 4 rings (SSSR count). The smallest absolute Gasteiger partial charge is 0.255 e. The standard InChI is InChI=1S/C26H27FN4O4/c1-5-16-11-18(33-3)12-20(35-14-21(28)32)23(16)25-26(31-13-17(27)9-10-22(31)29-25)30-24-15(2)7-6-8-19(24)34-4/h6-13,30H,5,14H2,1-4H3,(H2,28,32). The predicted octanol–water partition coefficient (Wildman–Crippen LogP) is 4.64. The van der Waals surface area contributed by atoms with E-state index in [-0.39, 0.29) is 6.61 Å². The second-order valence-corrected chi connectivity index (χ2v) is 7.93. The van der Waals surface area contributed by atoms with Crippen LogP contribution in [0.25, 0.3) is 16.9 Å². The third-order valence-corrected chi connectivity index (χ3v) is 5.66. The Morgan fingerprint density at radius 3 is 2.63 bits per heavy atom. The minimum absolute atomic E-state index is 0.320. The van der Waals surface area contributed by atoms with Gasteiger partial charge in [0.15, 0.2) is 6.61 Å². The van der Waals surface area contributed by atoms with Gasteiger partial charge in [0.25, 0.3) is 5.91 Å². The summed E-state index contributed by atoms with van der Waals surface area (Å²) in [5.74, 6) is 1.04. The number of methoxy groups -OCH3 is 2. The highest BCUT2D eigenvalue weighted by molar-refractivity contribution is 5.87. The Balaban J connectivity index is 2.01. The lowest BCUT2D eigenvalue weighted by atomic mass is 10.00. The summed E-state index contributed by atoms with van der Waals surface area (Å²) in [6, 6.07) is 12.2. The molecule has 0 aliphatic carbocycles. The number of hydrogen-bond donors (Lipinski definition) is 2. The summed E-state index contributed by atoms with van der Waals surface area (Å²) in [5.41, 5.74) is 9.54. The number of amides is 1. The van der Waals surface area contributed by atoms with Crippen molar-refractivity contribution < 1.29 is 23.4 Å². The first-order valence-corrected chi connectivity index (χ1v) is 11.1. The molecule has 2 aromatic heterocycles. The second-order valence-electron chi connectivity index (χ2n) is 7.93. The number of nitrogens with two attached hydrogens (primary N) is 1. The molecule has 8 nitrogen and oxygen atoms in total. The molecule has 0 bridgehead atoms. The van der Waals surface area contributed by atoms with Crippen LogP contribution < -0.4 is 25.3 Å². The molecular weight excluding hydrogens is 451 g/mol. The number of halogens is 1. The third kappa shape index (κ3) is 4.70. The number of carbonyl (C=O) groups is 1. The quantitative estimate of drug-likeness (QED) is 0.364. The van der Waals surface area contributed by atoms with Gasteiger partial charge in [-0.1, -0.05) is 19.1 Å². The lowest BCUT2D eigenvalue weighted by Gasteiger charge is -2.18. The lowest BCUT2D eigenvalue weighted by molar-refractivity contribution is -0.119. The first kappa shape index (κ1) is 23.9. The average Bonchev–Trinajstić information content (AvgIpc) is 3.19. The van der Waals surface area contributed by atoms with E-state index in [2.05, 4.69) is 5.32 Å². The Labute approximate surface area is 202 Å². The fourth-order valence-corrected chi connectivity index (χ4v) is 3.98. The van der Waals surface area contributed by atoms with Gasteiger partial charge in [0, 0.05) is 17.8 Å². The summed E-state index contributed by atoms with van der Waals surface area (Å²) in [6.45, 7) is 3.61. The van der Waals surface area contributed by atoms with Gasteiger partial charge in [0.1, 0.15) is 40.2 Å². The number of rotatable bonds is 9. The normalized spacial score (nSPS) is 10.9. The Bertz CT molecular complexity index is 1400. The van der Waals surface area contributed by atoms with Gasteiger partial charge in [-0.15, -0.1) is 0 Å². The maximum Gasteiger partial charge on any atom is 0.255 e. The third-order valence-electron chi connectivity index (χ3n) is 5.66. The average molecular weight is 479 g/mol. The number of fused-ring (bicyclic) bond motifs is 1. The van der Waals surface area contributed by atoms with E-state index in [0.717, 1.165) is 11.1 Å². The number of anilines is 2. The van der Waals surface area contributed by atoms with Crippen LogP contribution in [0.4, 0.5) is 15.9 Å². The van der Waals surface area contributed by atoms with Crippen molar-refractivity contribution in [2.45, 2.75) is 20.3 Å². The largest absolute Gasteiger partial charge is 0.497 e. The molecule has 4 aromatic rings. The summed E-state index contributed by atoms with van der Waals surface area (Å²) < 4.78 is 32.8. The Hall–Kier alpha value is -4.27. The van der Waals surface area contributed by atoms with Gasteiger partial charge in [-0.25, -0.2) is 9.37 Å². The molecule has 182 valence electrons. The summed E-state index contributed by atoms with van der Waals surface area (Å²) in [5, 5.41) is 3.41. The molecular formula is C26H27FN4O4. The molecule has 2 aromatic carbocycles. The highest BCUT2D eigenvalue weighted by atomic mass is 19.1. The maximum atomic E-state index is 14.3. The zero-order chi connectivity index (χ0) is 25.1. The zero-order valence-electron chi connectivity index (χ0n) is 20.0. The van der Waals surface area contributed by atoms with E-state index >= 15 is 0 Å². The molecule has 0 fully saturated rings. The van der Waals surface area contributed by atoms with Crippen LogP contribution >= 0.6 is 0 Å². The highest BCUT2D eigenvalue weighted by Crippen LogP contribution is 2.43. The number of nitrogens with one attached hydrogen (secondary N) is 1. The molecule has 35 heavy (non-hydrogen) atoms. The van der Waals surface area contributed by atoms with Crippen LogP contribution in [0.3, 0.4) is 0 Å². The van der Waals surface area contributed by atoms with Gasteiger partial charge in [0.05, 0.1) is 19.9 Å². The molecule has 0 saturated heterocycles. The number of nitrogens with zero attached hydrogens (tertiary/aromatic N) is 2. The molecule has 0 atom stereocenters. The fourth-order valence-electron chi connectivity index (χ4n) is 3.98. The van der Waals surface area contributed by atoms with Crippen LogP contribution in [0.5, 0.6) is 17.2 Å². The van der Waals surface area contributed by atoms with Crippen LogP contribution in [-0.2, 0) is 11.2 Å². The van der Waals surface area contributed by atoms with Gasteiger partial charge in [-0.3, -0.25) is 9.20 Å². The molecule has 0 aliphatic heterocycles. The number of aromatic nitrogens is 2.